The van der Waals surface area contributed by atoms with E-state index in [1.807, 2.05) is 25.2 Å². The van der Waals surface area contributed by atoms with Crippen LogP contribution in [0.15, 0.2) is 11.5 Å². The summed E-state index contributed by atoms with van der Waals surface area (Å²) in [5.41, 5.74) is 2.79. The minimum atomic E-state index is 1.39. The highest BCUT2D eigenvalue weighted by atomic mass is 32.1. The molecule has 68 valence electrons. The summed E-state index contributed by atoms with van der Waals surface area (Å²) in [6.07, 6.45) is 4.25. The topological polar surface area (TPSA) is 0 Å². The van der Waals surface area contributed by atoms with Crippen LogP contribution in [0, 0.1) is 13.8 Å². The zero-order chi connectivity index (χ0) is 9.56. The summed E-state index contributed by atoms with van der Waals surface area (Å²) in [6.45, 7) is 10.4. The van der Waals surface area contributed by atoms with Crippen LogP contribution in [0.25, 0.3) is 6.08 Å². The summed E-state index contributed by atoms with van der Waals surface area (Å²) in [7, 11) is 0. The van der Waals surface area contributed by atoms with Gasteiger partial charge in [-0.15, -0.1) is 11.3 Å². The molecule has 0 saturated carbocycles. The minimum Gasteiger partial charge on any atom is -0.148 e. The van der Waals surface area contributed by atoms with Gasteiger partial charge in [0.05, 0.1) is 0 Å². The molecule has 1 rings (SSSR count). The Bertz CT molecular complexity index is 224. The first-order valence-electron chi connectivity index (χ1n) is 4.43. The predicted molar refractivity (Wildman–Crippen MR) is 59.8 cm³/mol. The highest BCUT2D eigenvalue weighted by Gasteiger charge is 1.98. The van der Waals surface area contributed by atoms with Crippen LogP contribution in [0.2, 0.25) is 0 Å². The van der Waals surface area contributed by atoms with E-state index < -0.39 is 0 Å². The summed E-state index contributed by atoms with van der Waals surface area (Å²) in [4.78, 5) is 1.41. The molecule has 1 heterocycles. The molecule has 0 radical (unpaired) electrons. The lowest BCUT2D eigenvalue weighted by atomic mass is 10.1. The summed E-state index contributed by atoms with van der Waals surface area (Å²) in [5, 5.41) is 2.20. The van der Waals surface area contributed by atoms with Gasteiger partial charge in [0.25, 0.3) is 0 Å². The molecule has 0 unspecified atom stereocenters. The lowest BCUT2D eigenvalue weighted by Crippen LogP contribution is -1.72. The number of allylic oxidation sites excluding steroid dienone is 1. The van der Waals surface area contributed by atoms with Crippen LogP contribution in [0.5, 0.6) is 0 Å². The van der Waals surface area contributed by atoms with E-state index in [0.29, 0.717) is 0 Å². The molecule has 12 heavy (non-hydrogen) atoms. The van der Waals surface area contributed by atoms with Crippen molar-refractivity contribution in [1.82, 2.24) is 0 Å². The molecular formula is C11H18S. The lowest BCUT2D eigenvalue weighted by Gasteiger charge is -1.90. The van der Waals surface area contributed by atoms with E-state index in [0.717, 1.165) is 0 Å². The van der Waals surface area contributed by atoms with Crippen molar-refractivity contribution >= 4 is 17.4 Å². The Morgan fingerprint density at radius 1 is 1.25 bits per heavy atom. The fraction of sp³-hybridized carbons (Fsp3) is 0.455. The van der Waals surface area contributed by atoms with Gasteiger partial charge >= 0.3 is 0 Å². The van der Waals surface area contributed by atoms with Gasteiger partial charge in [0.1, 0.15) is 0 Å². The maximum Gasteiger partial charge on any atom is 0.00892 e. The Hall–Kier alpha value is -0.560. The Balaban J connectivity index is 0.000000561. The molecule has 1 aromatic rings. The van der Waals surface area contributed by atoms with Gasteiger partial charge in [-0.25, -0.2) is 0 Å². The Kier molecular flexibility index (Phi) is 5.73. The first-order valence-corrected chi connectivity index (χ1v) is 5.31. The van der Waals surface area contributed by atoms with Gasteiger partial charge in [0.2, 0.25) is 0 Å². The van der Waals surface area contributed by atoms with Gasteiger partial charge < -0.3 is 0 Å². The average Bonchev–Trinajstić information content (AvgIpc) is 2.40. The molecule has 0 atom stereocenters. The molecular weight excluding hydrogens is 164 g/mol. The van der Waals surface area contributed by atoms with E-state index in [-0.39, 0.29) is 0 Å². The number of thiophene rings is 1. The summed E-state index contributed by atoms with van der Waals surface area (Å²) >= 11 is 1.82. The third-order valence-electron chi connectivity index (χ3n) is 1.55. The Labute approximate surface area is 79.9 Å². The maximum absolute atomic E-state index is 2.20. The number of hydrogen-bond acceptors (Lipinski definition) is 1. The van der Waals surface area contributed by atoms with Gasteiger partial charge in [-0.1, -0.05) is 26.0 Å². The normalized spacial score (nSPS) is 9.75. The second kappa shape index (κ2) is 6.01. The summed E-state index contributed by atoms with van der Waals surface area (Å²) < 4.78 is 0. The molecule has 0 bridgehead atoms. The van der Waals surface area contributed by atoms with E-state index in [9.17, 15) is 0 Å². The third-order valence-corrected chi connectivity index (χ3v) is 2.59. The van der Waals surface area contributed by atoms with E-state index in [4.69, 9.17) is 0 Å². The van der Waals surface area contributed by atoms with Crippen LogP contribution in [-0.4, -0.2) is 0 Å². The quantitative estimate of drug-likeness (QED) is 0.603. The maximum atomic E-state index is 2.20. The molecule has 0 spiro atoms. The predicted octanol–water partition coefficient (Wildman–Crippen LogP) is 4.42. The fourth-order valence-electron chi connectivity index (χ4n) is 0.997. The molecule has 0 aromatic carbocycles. The van der Waals surface area contributed by atoms with Gasteiger partial charge in [0.15, 0.2) is 0 Å². The molecule has 0 saturated heterocycles. The van der Waals surface area contributed by atoms with Gasteiger partial charge in [0, 0.05) is 4.88 Å². The van der Waals surface area contributed by atoms with Crippen LogP contribution < -0.4 is 0 Å². The minimum absolute atomic E-state index is 1.39. The van der Waals surface area contributed by atoms with E-state index in [1.165, 1.54) is 16.0 Å². The second-order valence-corrected chi connectivity index (χ2v) is 3.47. The van der Waals surface area contributed by atoms with E-state index in [2.05, 4.69) is 38.3 Å². The highest BCUT2D eigenvalue weighted by Crippen LogP contribution is 2.21. The molecule has 0 N–H and O–H groups in total. The van der Waals surface area contributed by atoms with Crippen LogP contribution in [-0.2, 0) is 0 Å². The molecule has 1 heteroatoms. The molecule has 0 aliphatic rings. The number of aryl methyl sites for hydroxylation is 2. The SMILES string of the molecule is C/C=C\c1c(C)csc1C.CC. The molecule has 0 amide bonds. The van der Waals surface area contributed by atoms with Crippen molar-refractivity contribution < 1.29 is 0 Å². The number of hydrogen-bond donors (Lipinski definition) is 0. The monoisotopic (exact) mass is 182 g/mol. The van der Waals surface area contributed by atoms with E-state index in [1.54, 1.807) is 0 Å². The van der Waals surface area contributed by atoms with Crippen molar-refractivity contribution in [1.29, 1.82) is 0 Å². The summed E-state index contributed by atoms with van der Waals surface area (Å²) in [6, 6.07) is 0. The van der Waals surface area contributed by atoms with Crippen LogP contribution >= 0.6 is 11.3 Å². The van der Waals surface area contributed by atoms with Crippen LogP contribution in [0.1, 0.15) is 36.8 Å². The van der Waals surface area contributed by atoms with Crippen molar-refractivity contribution in [2.24, 2.45) is 0 Å². The second-order valence-electron chi connectivity index (χ2n) is 2.39. The fourth-order valence-corrected chi connectivity index (χ4v) is 1.83. The Morgan fingerprint density at radius 3 is 2.17 bits per heavy atom. The van der Waals surface area contributed by atoms with Gasteiger partial charge in [-0.05, 0) is 37.3 Å². The van der Waals surface area contributed by atoms with Crippen molar-refractivity contribution in [2.45, 2.75) is 34.6 Å². The van der Waals surface area contributed by atoms with Gasteiger partial charge in [-0.3, -0.25) is 0 Å². The highest BCUT2D eigenvalue weighted by molar-refractivity contribution is 7.10. The first kappa shape index (κ1) is 11.4. The van der Waals surface area contributed by atoms with E-state index >= 15 is 0 Å². The molecule has 0 aliphatic carbocycles. The molecule has 0 aliphatic heterocycles. The Morgan fingerprint density at radius 2 is 1.83 bits per heavy atom. The first-order chi connectivity index (χ1) is 5.75. The number of rotatable bonds is 1. The molecule has 1 aromatic heterocycles. The lowest BCUT2D eigenvalue weighted by molar-refractivity contribution is 1.47. The zero-order valence-corrected chi connectivity index (χ0v) is 9.46. The average molecular weight is 182 g/mol. The van der Waals surface area contributed by atoms with Crippen molar-refractivity contribution in [3.8, 4) is 0 Å². The van der Waals surface area contributed by atoms with Crippen molar-refractivity contribution in [3.63, 3.8) is 0 Å². The molecule has 0 nitrogen and oxygen atoms in total. The third kappa shape index (κ3) is 2.82. The smallest absolute Gasteiger partial charge is 0.00892 e. The summed E-state index contributed by atoms with van der Waals surface area (Å²) in [5.74, 6) is 0. The van der Waals surface area contributed by atoms with Crippen molar-refractivity contribution in [2.75, 3.05) is 0 Å². The van der Waals surface area contributed by atoms with Gasteiger partial charge in [-0.2, -0.15) is 0 Å². The van der Waals surface area contributed by atoms with Crippen molar-refractivity contribution in [3.05, 3.63) is 27.5 Å². The molecule has 0 fully saturated rings. The standard InChI is InChI=1S/C9H12S.C2H6/c1-4-5-9-7(2)6-10-8(9)3;1-2/h4-6H,1-3H3;1-2H3/b5-4-;. The van der Waals surface area contributed by atoms with Crippen LogP contribution in [0.4, 0.5) is 0 Å². The van der Waals surface area contributed by atoms with Crippen LogP contribution in [0.3, 0.4) is 0 Å². The largest absolute Gasteiger partial charge is 0.148 e. The zero-order valence-electron chi connectivity index (χ0n) is 8.64.